The lowest BCUT2D eigenvalue weighted by Crippen LogP contribution is -2.49. The van der Waals surface area contributed by atoms with Crippen molar-refractivity contribution >= 4 is 0 Å². The number of alkyl halides is 3. The van der Waals surface area contributed by atoms with Gasteiger partial charge < -0.3 is 10.1 Å². The van der Waals surface area contributed by atoms with Crippen LogP contribution in [0, 0.1) is 0 Å². The van der Waals surface area contributed by atoms with Crippen LogP contribution < -0.4 is 5.32 Å². The molecule has 0 heterocycles. The molecule has 2 unspecified atom stereocenters. The van der Waals surface area contributed by atoms with E-state index in [1.165, 1.54) is 0 Å². The predicted octanol–water partition coefficient (Wildman–Crippen LogP) is 3.51. The number of ether oxygens (including phenoxy) is 1. The second-order valence-corrected chi connectivity index (χ2v) is 4.49. The first kappa shape index (κ1) is 16.7. The van der Waals surface area contributed by atoms with Crippen molar-refractivity contribution in [3.05, 3.63) is 0 Å². The third kappa shape index (κ3) is 6.27. The molecule has 0 fully saturated rings. The van der Waals surface area contributed by atoms with Crippen LogP contribution in [-0.4, -0.2) is 31.5 Å². The van der Waals surface area contributed by atoms with Gasteiger partial charge in [-0.05, 0) is 32.7 Å². The summed E-state index contributed by atoms with van der Waals surface area (Å²) in [6, 6.07) is -0.0372. The van der Waals surface area contributed by atoms with Gasteiger partial charge in [0, 0.05) is 19.6 Å². The molecule has 0 aliphatic rings. The quantitative estimate of drug-likeness (QED) is 0.716. The van der Waals surface area contributed by atoms with Crippen molar-refractivity contribution in [1.82, 2.24) is 5.32 Å². The molecular formula is C12H24F3NO. The molecule has 2 nitrogen and oxygen atoms in total. The Bertz CT molecular complexity index is 202. The summed E-state index contributed by atoms with van der Waals surface area (Å²) in [4.78, 5) is 0. The highest BCUT2D eigenvalue weighted by molar-refractivity contribution is 4.88. The number of likely N-dealkylation sites (N-methyl/N-ethyl adjacent to an activating group) is 1. The molecule has 2 atom stereocenters. The summed E-state index contributed by atoms with van der Waals surface area (Å²) < 4.78 is 41.7. The van der Waals surface area contributed by atoms with E-state index in [-0.39, 0.29) is 12.5 Å². The highest BCUT2D eigenvalue weighted by Gasteiger charge is 2.33. The topological polar surface area (TPSA) is 21.3 Å². The van der Waals surface area contributed by atoms with Crippen molar-refractivity contribution in [3.63, 3.8) is 0 Å². The van der Waals surface area contributed by atoms with Crippen LogP contribution in [0.4, 0.5) is 13.2 Å². The number of rotatable bonds is 8. The van der Waals surface area contributed by atoms with E-state index < -0.39 is 18.2 Å². The Balaban J connectivity index is 4.33. The maximum atomic E-state index is 12.1. The molecule has 5 heteroatoms. The molecule has 0 saturated carbocycles. The Kier molecular flexibility index (Phi) is 7.09. The molecule has 0 saturated heterocycles. The van der Waals surface area contributed by atoms with Gasteiger partial charge in [0.1, 0.15) is 0 Å². The van der Waals surface area contributed by atoms with E-state index in [9.17, 15) is 13.2 Å². The van der Waals surface area contributed by atoms with Crippen LogP contribution in [-0.2, 0) is 4.74 Å². The number of hydrogen-bond acceptors (Lipinski definition) is 2. The van der Waals surface area contributed by atoms with Crippen LogP contribution in [0.2, 0.25) is 0 Å². The number of nitrogens with one attached hydrogen (secondary N) is 1. The molecule has 0 aliphatic carbocycles. The van der Waals surface area contributed by atoms with Crippen molar-refractivity contribution in [2.45, 2.75) is 64.3 Å². The van der Waals surface area contributed by atoms with E-state index >= 15 is 0 Å². The van der Waals surface area contributed by atoms with Gasteiger partial charge in [0.05, 0.1) is 5.60 Å². The highest BCUT2D eigenvalue weighted by Crippen LogP contribution is 2.27. The molecule has 0 radical (unpaired) electrons. The maximum Gasteiger partial charge on any atom is 0.389 e. The fourth-order valence-electron chi connectivity index (χ4n) is 1.91. The smallest absolute Gasteiger partial charge is 0.377 e. The second kappa shape index (κ2) is 7.21. The summed E-state index contributed by atoms with van der Waals surface area (Å²) >= 11 is 0. The Morgan fingerprint density at radius 2 is 1.82 bits per heavy atom. The largest absolute Gasteiger partial charge is 0.389 e. The summed E-state index contributed by atoms with van der Waals surface area (Å²) in [6.45, 7) is 6.60. The van der Waals surface area contributed by atoms with Crippen LogP contribution in [0.3, 0.4) is 0 Å². The maximum absolute atomic E-state index is 12.1. The Morgan fingerprint density at radius 3 is 2.18 bits per heavy atom. The van der Waals surface area contributed by atoms with Crippen molar-refractivity contribution in [1.29, 1.82) is 0 Å². The molecule has 17 heavy (non-hydrogen) atoms. The van der Waals surface area contributed by atoms with Crippen LogP contribution in [0.25, 0.3) is 0 Å². The highest BCUT2D eigenvalue weighted by atomic mass is 19.4. The number of halogens is 3. The van der Waals surface area contributed by atoms with Gasteiger partial charge in [-0.15, -0.1) is 0 Å². The molecule has 0 rings (SSSR count). The minimum Gasteiger partial charge on any atom is -0.377 e. The fraction of sp³-hybridized carbons (Fsp3) is 1.00. The zero-order valence-corrected chi connectivity index (χ0v) is 11.2. The molecule has 0 aromatic carbocycles. The van der Waals surface area contributed by atoms with Crippen molar-refractivity contribution in [2.75, 3.05) is 13.7 Å². The Labute approximate surface area is 102 Å². The summed E-state index contributed by atoms with van der Waals surface area (Å²) in [5, 5.41) is 3.22. The number of methoxy groups -OCH3 is 1. The first-order valence-electron chi connectivity index (χ1n) is 6.14. The average molecular weight is 255 g/mol. The lowest BCUT2D eigenvalue weighted by Gasteiger charge is -2.36. The van der Waals surface area contributed by atoms with Gasteiger partial charge in [0.25, 0.3) is 0 Å². The summed E-state index contributed by atoms with van der Waals surface area (Å²) in [6.07, 6.45) is -3.40. The van der Waals surface area contributed by atoms with Gasteiger partial charge >= 0.3 is 6.18 Å². The standard InChI is InChI=1S/C12H24F3NO/c1-5-11(3,17-4)10(16-6-2)8-7-9-12(13,14)15/h10,16H,5-9H2,1-4H3. The van der Waals surface area contributed by atoms with Crippen LogP contribution in [0.5, 0.6) is 0 Å². The van der Waals surface area contributed by atoms with Crippen LogP contribution in [0.1, 0.15) is 46.5 Å². The summed E-state index contributed by atoms with van der Waals surface area (Å²) in [7, 11) is 1.61. The summed E-state index contributed by atoms with van der Waals surface area (Å²) in [5.74, 6) is 0. The first-order chi connectivity index (χ1) is 7.79. The molecule has 0 aromatic heterocycles. The van der Waals surface area contributed by atoms with Crippen molar-refractivity contribution in [3.8, 4) is 0 Å². The first-order valence-corrected chi connectivity index (χ1v) is 6.14. The van der Waals surface area contributed by atoms with E-state index in [4.69, 9.17) is 4.74 Å². The molecule has 104 valence electrons. The molecule has 1 N–H and O–H groups in total. The van der Waals surface area contributed by atoms with E-state index in [1.807, 2.05) is 20.8 Å². The predicted molar refractivity (Wildman–Crippen MR) is 63.1 cm³/mol. The third-order valence-electron chi connectivity index (χ3n) is 3.31. The second-order valence-electron chi connectivity index (χ2n) is 4.49. The number of hydrogen-bond donors (Lipinski definition) is 1. The molecular weight excluding hydrogens is 231 g/mol. The van der Waals surface area contributed by atoms with Gasteiger partial charge in [-0.25, -0.2) is 0 Å². The monoisotopic (exact) mass is 255 g/mol. The van der Waals surface area contributed by atoms with Crippen LogP contribution >= 0.6 is 0 Å². The van der Waals surface area contributed by atoms with Gasteiger partial charge in [-0.3, -0.25) is 0 Å². The average Bonchev–Trinajstić information content (AvgIpc) is 2.25. The van der Waals surface area contributed by atoms with Gasteiger partial charge in [-0.2, -0.15) is 13.2 Å². The van der Waals surface area contributed by atoms with E-state index in [0.29, 0.717) is 6.42 Å². The molecule has 0 bridgehead atoms. The SMILES string of the molecule is CCNC(CCCC(F)(F)F)C(C)(CC)OC. The zero-order chi connectivity index (χ0) is 13.5. The van der Waals surface area contributed by atoms with E-state index in [1.54, 1.807) is 7.11 Å². The molecule has 0 aliphatic heterocycles. The Hall–Kier alpha value is -0.290. The molecule has 0 aromatic rings. The van der Waals surface area contributed by atoms with Crippen molar-refractivity contribution < 1.29 is 17.9 Å². The van der Waals surface area contributed by atoms with E-state index in [2.05, 4.69) is 5.32 Å². The fourth-order valence-corrected chi connectivity index (χ4v) is 1.91. The normalized spacial score (nSPS) is 17.8. The lowest BCUT2D eigenvalue weighted by atomic mass is 9.89. The minimum atomic E-state index is -4.06. The van der Waals surface area contributed by atoms with Crippen LogP contribution in [0.15, 0.2) is 0 Å². The van der Waals surface area contributed by atoms with E-state index in [0.717, 1.165) is 13.0 Å². The third-order valence-corrected chi connectivity index (χ3v) is 3.31. The van der Waals surface area contributed by atoms with Gasteiger partial charge in [-0.1, -0.05) is 13.8 Å². The Morgan fingerprint density at radius 1 is 1.24 bits per heavy atom. The zero-order valence-electron chi connectivity index (χ0n) is 11.2. The van der Waals surface area contributed by atoms with Gasteiger partial charge in [0.15, 0.2) is 0 Å². The van der Waals surface area contributed by atoms with Crippen molar-refractivity contribution in [2.24, 2.45) is 0 Å². The minimum absolute atomic E-state index is 0.0372. The molecule has 0 spiro atoms. The molecule has 0 amide bonds. The van der Waals surface area contributed by atoms with Gasteiger partial charge in [0.2, 0.25) is 0 Å². The summed E-state index contributed by atoms with van der Waals surface area (Å²) in [5.41, 5.74) is -0.401. The lowest BCUT2D eigenvalue weighted by molar-refractivity contribution is -0.137.